The maximum Gasteiger partial charge on any atom is 0.433 e. The van der Waals surface area contributed by atoms with Crippen molar-refractivity contribution in [3.63, 3.8) is 0 Å². The number of hydrogen-bond donors (Lipinski definition) is 0. The summed E-state index contributed by atoms with van der Waals surface area (Å²) in [6.45, 7) is 1.65. The molecule has 1 aromatic carbocycles. The fourth-order valence-electron chi connectivity index (χ4n) is 2.00. The second-order valence-corrected chi connectivity index (χ2v) is 4.47. The smallest absolute Gasteiger partial charge is 0.400 e. The van der Waals surface area contributed by atoms with Crippen molar-refractivity contribution in [2.75, 3.05) is 0 Å². The highest BCUT2D eigenvalue weighted by Crippen LogP contribution is 2.14. The Morgan fingerprint density at radius 3 is 2.82 bits per heavy atom. The van der Waals surface area contributed by atoms with Crippen molar-refractivity contribution < 1.29 is 9.34 Å². The standard InChI is InChI=1S/C14H10N4O4/c1-9-16-12-5-3-2-4-11(12)14(19)17(9)15-8-10-6-7-13(22-10)18(20)21/h2-8H,1H3/b15-8+. The average molecular weight is 298 g/mol. The van der Waals surface area contributed by atoms with E-state index in [2.05, 4.69) is 10.1 Å². The van der Waals surface area contributed by atoms with Crippen molar-refractivity contribution >= 4 is 23.0 Å². The zero-order valence-electron chi connectivity index (χ0n) is 11.5. The van der Waals surface area contributed by atoms with E-state index in [9.17, 15) is 14.9 Å². The lowest BCUT2D eigenvalue weighted by atomic mass is 10.2. The molecule has 8 nitrogen and oxygen atoms in total. The molecule has 0 aliphatic heterocycles. The normalized spacial score (nSPS) is 11.3. The Morgan fingerprint density at radius 1 is 1.32 bits per heavy atom. The van der Waals surface area contributed by atoms with Crippen molar-refractivity contribution in [1.29, 1.82) is 0 Å². The van der Waals surface area contributed by atoms with Gasteiger partial charge in [0.05, 0.1) is 23.2 Å². The van der Waals surface area contributed by atoms with Crippen LogP contribution in [-0.4, -0.2) is 20.8 Å². The Balaban J connectivity index is 2.04. The van der Waals surface area contributed by atoms with E-state index in [1.807, 2.05) is 0 Å². The minimum atomic E-state index is -0.646. The second kappa shape index (κ2) is 5.24. The molecular formula is C14H10N4O4. The lowest BCUT2D eigenvalue weighted by molar-refractivity contribution is -0.402. The summed E-state index contributed by atoms with van der Waals surface area (Å²) in [6.07, 6.45) is 1.23. The Kier molecular flexibility index (Phi) is 3.26. The van der Waals surface area contributed by atoms with Crippen molar-refractivity contribution in [2.24, 2.45) is 5.10 Å². The summed E-state index contributed by atoms with van der Waals surface area (Å²) in [5.74, 6) is 0.189. The third-order valence-electron chi connectivity index (χ3n) is 3.01. The molecule has 0 aliphatic carbocycles. The minimum Gasteiger partial charge on any atom is -0.400 e. The molecule has 0 fully saturated rings. The van der Waals surface area contributed by atoms with Gasteiger partial charge in [-0.3, -0.25) is 14.9 Å². The van der Waals surface area contributed by atoms with Crippen LogP contribution >= 0.6 is 0 Å². The van der Waals surface area contributed by atoms with Gasteiger partial charge in [0.1, 0.15) is 10.7 Å². The predicted octanol–water partition coefficient (Wildman–Crippen LogP) is 2.09. The Hall–Kier alpha value is -3.29. The molecule has 0 unspecified atom stereocenters. The van der Waals surface area contributed by atoms with Crippen molar-refractivity contribution in [1.82, 2.24) is 9.66 Å². The fraction of sp³-hybridized carbons (Fsp3) is 0.0714. The maximum atomic E-state index is 12.4. The zero-order valence-corrected chi connectivity index (χ0v) is 11.5. The lowest BCUT2D eigenvalue weighted by Gasteiger charge is -2.04. The molecule has 3 rings (SSSR count). The molecule has 22 heavy (non-hydrogen) atoms. The largest absolute Gasteiger partial charge is 0.433 e. The Labute approximate surface area is 123 Å². The predicted molar refractivity (Wildman–Crippen MR) is 79.1 cm³/mol. The molecule has 0 N–H and O–H groups in total. The van der Waals surface area contributed by atoms with Gasteiger partial charge in [-0.2, -0.15) is 9.78 Å². The van der Waals surface area contributed by atoms with E-state index < -0.39 is 4.92 Å². The molecule has 0 saturated heterocycles. The zero-order chi connectivity index (χ0) is 15.7. The number of aryl methyl sites for hydroxylation is 1. The molecule has 2 aromatic heterocycles. The molecule has 0 radical (unpaired) electrons. The van der Waals surface area contributed by atoms with E-state index >= 15 is 0 Å². The van der Waals surface area contributed by atoms with Gasteiger partial charge in [0.15, 0.2) is 5.76 Å². The number of rotatable bonds is 3. The van der Waals surface area contributed by atoms with Gasteiger partial charge in [-0.15, -0.1) is 0 Å². The highest BCUT2D eigenvalue weighted by molar-refractivity contribution is 5.78. The number of benzene rings is 1. The van der Waals surface area contributed by atoms with Crippen molar-refractivity contribution in [2.45, 2.75) is 6.92 Å². The number of nitro groups is 1. The molecule has 0 saturated carbocycles. The molecule has 0 aliphatic rings. The number of para-hydroxylation sites is 1. The minimum absolute atomic E-state index is 0.172. The van der Waals surface area contributed by atoms with Gasteiger partial charge in [-0.05, 0) is 25.1 Å². The Bertz CT molecular complexity index is 955. The second-order valence-electron chi connectivity index (χ2n) is 4.47. The average Bonchev–Trinajstić information content (AvgIpc) is 2.96. The van der Waals surface area contributed by atoms with E-state index in [1.165, 1.54) is 18.3 Å². The number of aromatic nitrogens is 2. The number of fused-ring (bicyclic) bond motifs is 1. The summed E-state index contributed by atoms with van der Waals surface area (Å²) >= 11 is 0. The van der Waals surface area contributed by atoms with Crippen LogP contribution in [0.4, 0.5) is 5.88 Å². The molecule has 8 heteroatoms. The third kappa shape index (κ3) is 2.37. The summed E-state index contributed by atoms with van der Waals surface area (Å²) in [7, 11) is 0. The highest BCUT2D eigenvalue weighted by atomic mass is 16.6. The van der Waals surface area contributed by atoms with Gasteiger partial charge >= 0.3 is 5.88 Å². The van der Waals surface area contributed by atoms with Crippen LogP contribution in [0.25, 0.3) is 10.9 Å². The Morgan fingerprint density at radius 2 is 2.09 bits per heavy atom. The quantitative estimate of drug-likeness (QED) is 0.418. The molecule has 0 bridgehead atoms. The summed E-state index contributed by atoms with van der Waals surface area (Å²) in [5.41, 5.74) is 0.269. The van der Waals surface area contributed by atoms with E-state index in [4.69, 9.17) is 4.42 Å². The maximum absolute atomic E-state index is 12.4. The van der Waals surface area contributed by atoms with Crippen LogP contribution in [0.1, 0.15) is 11.6 Å². The van der Waals surface area contributed by atoms with Crippen LogP contribution in [-0.2, 0) is 0 Å². The van der Waals surface area contributed by atoms with Gasteiger partial charge in [-0.1, -0.05) is 12.1 Å². The van der Waals surface area contributed by atoms with Gasteiger partial charge < -0.3 is 4.42 Å². The van der Waals surface area contributed by atoms with Crippen LogP contribution in [0.15, 0.2) is 50.7 Å². The SMILES string of the molecule is Cc1nc2ccccc2c(=O)n1/N=C/c1ccc([N+](=O)[O-])o1. The molecule has 0 spiro atoms. The van der Waals surface area contributed by atoms with E-state index in [-0.39, 0.29) is 17.2 Å². The highest BCUT2D eigenvalue weighted by Gasteiger charge is 2.11. The molecule has 0 atom stereocenters. The van der Waals surface area contributed by atoms with Gasteiger partial charge in [0, 0.05) is 0 Å². The lowest BCUT2D eigenvalue weighted by Crippen LogP contribution is -2.20. The van der Waals surface area contributed by atoms with Crippen LogP contribution in [0.2, 0.25) is 0 Å². The van der Waals surface area contributed by atoms with Crippen LogP contribution in [0.5, 0.6) is 0 Å². The van der Waals surface area contributed by atoms with Crippen LogP contribution in [0, 0.1) is 17.0 Å². The number of hydrogen-bond acceptors (Lipinski definition) is 6. The van der Waals surface area contributed by atoms with Gasteiger partial charge in [-0.25, -0.2) is 4.98 Å². The first-order valence-corrected chi connectivity index (χ1v) is 6.33. The number of nitrogens with zero attached hydrogens (tertiary/aromatic N) is 4. The topological polar surface area (TPSA) is 104 Å². The first-order chi connectivity index (χ1) is 10.6. The number of furan rings is 1. The third-order valence-corrected chi connectivity index (χ3v) is 3.01. The molecule has 110 valence electrons. The first kappa shape index (κ1) is 13.7. The van der Waals surface area contributed by atoms with Crippen LogP contribution in [0.3, 0.4) is 0 Å². The summed E-state index contributed by atoms with van der Waals surface area (Å²) in [6, 6.07) is 9.56. The van der Waals surface area contributed by atoms with Crippen LogP contribution < -0.4 is 5.56 Å². The van der Waals surface area contributed by atoms with E-state index in [0.717, 1.165) is 4.68 Å². The van der Waals surface area contributed by atoms with Crippen molar-refractivity contribution in [3.05, 3.63) is 68.5 Å². The van der Waals surface area contributed by atoms with Gasteiger partial charge in [0.2, 0.25) is 0 Å². The molecule has 0 amide bonds. The van der Waals surface area contributed by atoms with E-state index in [1.54, 1.807) is 31.2 Å². The molecule has 3 aromatic rings. The summed E-state index contributed by atoms with van der Waals surface area (Å²) in [5, 5.41) is 15.0. The fourth-order valence-corrected chi connectivity index (χ4v) is 2.00. The van der Waals surface area contributed by atoms with Crippen molar-refractivity contribution in [3.8, 4) is 0 Å². The summed E-state index contributed by atoms with van der Waals surface area (Å²) in [4.78, 5) is 26.5. The summed E-state index contributed by atoms with van der Waals surface area (Å²) < 4.78 is 6.07. The molecular weight excluding hydrogens is 288 g/mol. The van der Waals surface area contributed by atoms with Gasteiger partial charge in [0.25, 0.3) is 5.56 Å². The van der Waals surface area contributed by atoms with E-state index in [0.29, 0.717) is 16.7 Å². The first-order valence-electron chi connectivity index (χ1n) is 6.33. The molecule has 2 heterocycles. The monoisotopic (exact) mass is 298 g/mol.